The zero-order chi connectivity index (χ0) is 16.6. The SMILES string of the molecule is COc1c(Cl)cc(C(=O)N2C=CS(=O)c3ccccc32)cc1Cl. The van der Waals surface area contributed by atoms with E-state index < -0.39 is 10.8 Å². The van der Waals surface area contributed by atoms with Crippen LogP contribution in [0.1, 0.15) is 10.4 Å². The van der Waals surface area contributed by atoms with Crippen molar-refractivity contribution in [2.45, 2.75) is 4.90 Å². The third-order valence-electron chi connectivity index (χ3n) is 3.34. The lowest BCUT2D eigenvalue weighted by Gasteiger charge is -2.24. The van der Waals surface area contributed by atoms with E-state index in [-0.39, 0.29) is 16.0 Å². The van der Waals surface area contributed by atoms with Gasteiger partial charge in [0.05, 0.1) is 38.5 Å². The molecule has 1 heterocycles. The van der Waals surface area contributed by atoms with Crippen molar-refractivity contribution < 1.29 is 13.7 Å². The first kappa shape index (κ1) is 16.1. The maximum Gasteiger partial charge on any atom is 0.262 e. The highest BCUT2D eigenvalue weighted by Gasteiger charge is 2.24. The Morgan fingerprint density at radius 1 is 1.17 bits per heavy atom. The molecule has 0 aliphatic carbocycles. The standard InChI is InChI=1S/C16H11Cl2NO3S/c1-22-15-11(17)8-10(9-12(15)18)16(20)19-6-7-23(21)14-5-3-2-4-13(14)19/h2-9H,1H3. The molecule has 3 rings (SSSR count). The smallest absolute Gasteiger partial charge is 0.262 e. The fourth-order valence-electron chi connectivity index (χ4n) is 2.29. The Kier molecular flexibility index (Phi) is 4.43. The number of benzene rings is 2. The summed E-state index contributed by atoms with van der Waals surface area (Å²) >= 11 is 12.2. The molecule has 7 heteroatoms. The molecule has 1 amide bonds. The van der Waals surface area contributed by atoms with Crippen LogP contribution in [0.2, 0.25) is 10.0 Å². The molecule has 1 aliphatic heterocycles. The van der Waals surface area contributed by atoms with Crippen molar-refractivity contribution in [2.75, 3.05) is 12.0 Å². The minimum Gasteiger partial charge on any atom is -0.494 e. The number of hydrogen-bond donors (Lipinski definition) is 0. The van der Waals surface area contributed by atoms with Gasteiger partial charge in [0.1, 0.15) is 0 Å². The molecule has 1 unspecified atom stereocenters. The number of anilines is 1. The van der Waals surface area contributed by atoms with Crippen molar-refractivity contribution in [1.29, 1.82) is 0 Å². The van der Waals surface area contributed by atoms with Crippen LogP contribution in [-0.4, -0.2) is 17.2 Å². The first-order valence-corrected chi connectivity index (χ1v) is 8.54. The Hall–Kier alpha value is -1.82. The molecule has 1 aliphatic rings. The molecular weight excluding hydrogens is 357 g/mol. The van der Waals surface area contributed by atoms with Gasteiger partial charge in [-0.1, -0.05) is 35.3 Å². The van der Waals surface area contributed by atoms with Crippen LogP contribution in [-0.2, 0) is 10.8 Å². The Morgan fingerprint density at radius 3 is 2.48 bits per heavy atom. The van der Waals surface area contributed by atoms with Crippen LogP contribution in [0.3, 0.4) is 0 Å². The highest BCUT2D eigenvalue weighted by Crippen LogP contribution is 2.35. The van der Waals surface area contributed by atoms with E-state index in [0.29, 0.717) is 21.9 Å². The van der Waals surface area contributed by atoms with E-state index in [1.165, 1.54) is 35.8 Å². The lowest BCUT2D eigenvalue weighted by atomic mass is 10.1. The van der Waals surface area contributed by atoms with Crippen LogP contribution in [0.5, 0.6) is 5.75 Å². The van der Waals surface area contributed by atoms with E-state index in [9.17, 15) is 9.00 Å². The number of carbonyl (C=O) groups excluding carboxylic acids is 1. The third-order valence-corrected chi connectivity index (χ3v) is 5.05. The summed E-state index contributed by atoms with van der Waals surface area (Å²) in [6.07, 6.45) is 1.49. The highest BCUT2D eigenvalue weighted by atomic mass is 35.5. The van der Waals surface area contributed by atoms with Crippen molar-refractivity contribution in [3.63, 3.8) is 0 Å². The number of para-hydroxylation sites is 1. The number of hydrogen-bond acceptors (Lipinski definition) is 3. The number of methoxy groups -OCH3 is 1. The molecule has 1 atom stereocenters. The van der Waals surface area contributed by atoms with Gasteiger partial charge in [-0.2, -0.15) is 0 Å². The second-order valence-electron chi connectivity index (χ2n) is 4.70. The van der Waals surface area contributed by atoms with E-state index in [1.54, 1.807) is 24.3 Å². The van der Waals surface area contributed by atoms with Gasteiger partial charge in [-0.15, -0.1) is 0 Å². The molecule has 0 N–H and O–H groups in total. The molecule has 2 aromatic carbocycles. The van der Waals surface area contributed by atoms with Gasteiger partial charge < -0.3 is 4.74 Å². The van der Waals surface area contributed by atoms with Gasteiger partial charge in [0.25, 0.3) is 5.91 Å². The molecule has 0 saturated carbocycles. The number of amides is 1. The molecule has 118 valence electrons. The van der Waals surface area contributed by atoms with Crippen molar-refractivity contribution >= 4 is 45.6 Å². The number of halogens is 2. The summed E-state index contributed by atoms with van der Waals surface area (Å²) in [6, 6.07) is 10.0. The molecule has 0 aromatic heterocycles. The quantitative estimate of drug-likeness (QED) is 0.797. The van der Waals surface area contributed by atoms with E-state index in [1.807, 2.05) is 0 Å². The Morgan fingerprint density at radius 2 is 1.83 bits per heavy atom. The summed E-state index contributed by atoms with van der Waals surface area (Å²) in [5.41, 5.74) is 0.884. The molecule has 0 fully saturated rings. The summed E-state index contributed by atoms with van der Waals surface area (Å²) in [6.45, 7) is 0. The van der Waals surface area contributed by atoms with Gasteiger partial charge in [0, 0.05) is 17.2 Å². The van der Waals surface area contributed by atoms with E-state index in [0.717, 1.165) is 0 Å². The molecular formula is C16H11Cl2NO3S. The van der Waals surface area contributed by atoms with Crippen LogP contribution in [0.4, 0.5) is 5.69 Å². The molecule has 0 spiro atoms. The van der Waals surface area contributed by atoms with Crippen molar-refractivity contribution in [3.8, 4) is 5.75 Å². The normalized spacial score (nSPS) is 16.1. The molecule has 4 nitrogen and oxygen atoms in total. The predicted octanol–water partition coefficient (Wildman–Crippen LogP) is 4.24. The Labute approximate surface area is 145 Å². The number of ether oxygens (including phenoxy) is 1. The van der Waals surface area contributed by atoms with Gasteiger partial charge in [0.2, 0.25) is 0 Å². The second kappa shape index (κ2) is 6.35. The summed E-state index contributed by atoms with van der Waals surface area (Å²) in [4.78, 5) is 14.8. The highest BCUT2D eigenvalue weighted by molar-refractivity contribution is 7.88. The fraction of sp³-hybridized carbons (Fsp3) is 0.0625. The van der Waals surface area contributed by atoms with Crippen molar-refractivity contribution in [2.24, 2.45) is 0 Å². The molecule has 0 bridgehead atoms. The van der Waals surface area contributed by atoms with Gasteiger partial charge in [-0.25, -0.2) is 4.21 Å². The fourth-order valence-corrected chi connectivity index (χ4v) is 3.90. The maximum atomic E-state index is 12.8. The number of nitrogens with zero attached hydrogens (tertiary/aromatic N) is 1. The number of fused-ring (bicyclic) bond motifs is 1. The second-order valence-corrected chi connectivity index (χ2v) is 6.82. The summed E-state index contributed by atoms with van der Waals surface area (Å²) in [7, 11) is 0.183. The van der Waals surface area contributed by atoms with E-state index >= 15 is 0 Å². The van der Waals surface area contributed by atoms with Gasteiger partial charge in [-0.05, 0) is 24.3 Å². The average molecular weight is 368 g/mol. The molecule has 0 radical (unpaired) electrons. The lowest BCUT2D eigenvalue weighted by Crippen LogP contribution is -2.28. The third kappa shape index (κ3) is 2.87. The first-order valence-electron chi connectivity index (χ1n) is 6.57. The van der Waals surface area contributed by atoms with Crippen LogP contribution >= 0.6 is 23.2 Å². The first-order chi connectivity index (χ1) is 11.0. The maximum absolute atomic E-state index is 12.8. The Balaban J connectivity index is 2.05. The minimum absolute atomic E-state index is 0.251. The molecule has 0 saturated heterocycles. The topological polar surface area (TPSA) is 46.6 Å². The van der Waals surface area contributed by atoms with E-state index in [4.69, 9.17) is 27.9 Å². The lowest BCUT2D eigenvalue weighted by molar-refractivity contribution is 0.0997. The zero-order valence-corrected chi connectivity index (χ0v) is 14.3. The Bertz CT molecular complexity index is 828. The van der Waals surface area contributed by atoms with Crippen molar-refractivity contribution in [3.05, 3.63) is 63.6 Å². The summed E-state index contributed by atoms with van der Waals surface area (Å²) in [5.74, 6) is -0.00238. The zero-order valence-electron chi connectivity index (χ0n) is 12.0. The number of rotatable bonds is 2. The van der Waals surface area contributed by atoms with Crippen LogP contribution in [0.25, 0.3) is 0 Å². The van der Waals surface area contributed by atoms with Crippen LogP contribution in [0, 0.1) is 0 Å². The summed E-state index contributed by atoms with van der Waals surface area (Å²) in [5, 5.41) is 1.97. The minimum atomic E-state index is -1.27. The largest absolute Gasteiger partial charge is 0.494 e. The molecule has 2 aromatic rings. The van der Waals surface area contributed by atoms with Gasteiger partial charge in [-0.3, -0.25) is 9.69 Å². The predicted molar refractivity (Wildman–Crippen MR) is 91.8 cm³/mol. The monoisotopic (exact) mass is 367 g/mol. The van der Waals surface area contributed by atoms with E-state index in [2.05, 4.69) is 0 Å². The number of carbonyl (C=O) groups is 1. The summed E-state index contributed by atoms with van der Waals surface area (Å²) < 4.78 is 17.1. The van der Waals surface area contributed by atoms with Crippen molar-refractivity contribution in [1.82, 2.24) is 0 Å². The average Bonchev–Trinajstić information content (AvgIpc) is 2.54. The molecule has 23 heavy (non-hydrogen) atoms. The van der Waals surface area contributed by atoms with Crippen LogP contribution in [0.15, 0.2) is 52.9 Å². The van der Waals surface area contributed by atoms with Gasteiger partial charge >= 0.3 is 0 Å². The van der Waals surface area contributed by atoms with Crippen LogP contribution < -0.4 is 9.64 Å². The van der Waals surface area contributed by atoms with Gasteiger partial charge in [0.15, 0.2) is 5.75 Å².